The van der Waals surface area contributed by atoms with Crippen molar-refractivity contribution in [3.8, 4) is 5.75 Å². The summed E-state index contributed by atoms with van der Waals surface area (Å²) in [4.78, 5) is 15.8. The van der Waals surface area contributed by atoms with Crippen LogP contribution in [0.2, 0.25) is 5.02 Å². The second kappa shape index (κ2) is 4.12. The van der Waals surface area contributed by atoms with Crippen LogP contribution in [0.3, 0.4) is 0 Å². The highest BCUT2D eigenvalue weighted by atomic mass is 35.5. The number of nitrogens with one attached hydrogen (secondary N) is 1. The number of halogens is 1. The van der Waals surface area contributed by atoms with Crippen LogP contribution in [0.15, 0.2) is 42.5 Å². The van der Waals surface area contributed by atoms with Crippen LogP contribution in [0.4, 0.5) is 0 Å². The van der Waals surface area contributed by atoms with Crippen LogP contribution in [0.5, 0.6) is 5.75 Å². The van der Waals surface area contributed by atoms with E-state index in [2.05, 4.69) is 4.98 Å². The number of benzene rings is 2. The summed E-state index contributed by atoms with van der Waals surface area (Å²) in [6.07, 6.45) is 0. The van der Waals surface area contributed by atoms with Crippen LogP contribution in [-0.2, 0) is 6.61 Å². The van der Waals surface area contributed by atoms with E-state index in [1.54, 1.807) is 12.1 Å². The summed E-state index contributed by atoms with van der Waals surface area (Å²) < 4.78 is 5.77. The van der Waals surface area contributed by atoms with Crippen LogP contribution in [-0.4, -0.2) is 10.8 Å². The lowest BCUT2D eigenvalue weighted by molar-refractivity contribution is 0.103. The molecule has 3 aromatic rings. The highest BCUT2D eigenvalue weighted by Crippen LogP contribution is 2.33. The van der Waals surface area contributed by atoms with Crippen LogP contribution in [0.1, 0.15) is 21.6 Å². The number of ketones is 1. The van der Waals surface area contributed by atoms with Gasteiger partial charge in [-0.2, -0.15) is 0 Å². The number of para-hydroxylation sites is 1. The van der Waals surface area contributed by atoms with Gasteiger partial charge in [0, 0.05) is 21.5 Å². The summed E-state index contributed by atoms with van der Waals surface area (Å²) in [6.45, 7) is 0.360. The molecule has 0 spiro atoms. The maximum absolute atomic E-state index is 12.6. The van der Waals surface area contributed by atoms with E-state index in [0.29, 0.717) is 28.6 Å². The number of H-pyrrole nitrogens is 1. The Hall–Kier alpha value is -2.26. The predicted molar refractivity (Wildman–Crippen MR) is 77.5 cm³/mol. The fourth-order valence-electron chi connectivity index (χ4n) is 2.63. The van der Waals surface area contributed by atoms with E-state index in [1.165, 1.54) is 0 Å². The molecule has 2 aromatic carbocycles. The zero-order chi connectivity index (χ0) is 13.7. The molecule has 0 radical (unpaired) electrons. The van der Waals surface area contributed by atoms with Gasteiger partial charge in [0.05, 0.1) is 11.3 Å². The molecule has 20 heavy (non-hydrogen) atoms. The van der Waals surface area contributed by atoms with Crippen LogP contribution >= 0.6 is 11.6 Å². The van der Waals surface area contributed by atoms with E-state index < -0.39 is 0 Å². The van der Waals surface area contributed by atoms with E-state index in [0.717, 1.165) is 16.5 Å². The SMILES string of the molecule is O=C1c2ccccc2OCc2c1[nH]c1ccc(Cl)cc21. The number of hydrogen-bond acceptors (Lipinski definition) is 2. The average Bonchev–Trinajstić information content (AvgIpc) is 2.76. The lowest BCUT2D eigenvalue weighted by Crippen LogP contribution is -2.02. The molecule has 0 bridgehead atoms. The first-order valence-corrected chi connectivity index (χ1v) is 6.68. The van der Waals surface area contributed by atoms with Gasteiger partial charge in [-0.3, -0.25) is 4.79 Å². The molecule has 0 amide bonds. The summed E-state index contributed by atoms with van der Waals surface area (Å²) in [5.74, 6) is 0.581. The van der Waals surface area contributed by atoms with Crippen LogP contribution in [0, 0.1) is 0 Å². The first-order chi connectivity index (χ1) is 9.74. The molecule has 0 saturated heterocycles. The van der Waals surface area contributed by atoms with E-state index >= 15 is 0 Å². The number of rotatable bonds is 0. The van der Waals surface area contributed by atoms with Crippen molar-refractivity contribution in [2.45, 2.75) is 6.61 Å². The first-order valence-electron chi connectivity index (χ1n) is 6.30. The van der Waals surface area contributed by atoms with Gasteiger partial charge in [-0.25, -0.2) is 0 Å². The van der Waals surface area contributed by atoms with Crippen molar-refractivity contribution >= 4 is 28.3 Å². The average molecular weight is 284 g/mol. The summed E-state index contributed by atoms with van der Waals surface area (Å²) >= 11 is 6.04. The van der Waals surface area contributed by atoms with Crippen molar-refractivity contribution in [2.75, 3.05) is 0 Å². The molecule has 0 saturated carbocycles. The third kappa shape index (κ3) is 1.57. The Balaban J connectivity index is 2.00. The van der Waals surface area contributed by atoms with Crippen molar-refractivity contribution in [3.05, 3.63) is 64.3 Å². The number of aromatic amines is 1. The van der Waals surface area contributed by atoms with Crippen molar-refractivity contribution in [1.29, 1.82) is 0 Å². The van der Waals surface area contributed by atoms with E-state index in [1.807, 2.05) is 30.3 Å². The molecule has 4 rings (SSSR count). The standard InChI is InChI=1S/C16H10ClNO2/c17-9-5-6-13-11(7-9)12-8-20-14-4-2-1-3-10(14)16(19)15(12)18-13/h1-7,18H,8H2. The zero-order valence-electron chi connectivity index (χ0n) is 10.4. The van der Waals surface area contributed by atoms with Gasteiger partial charge >= 0.3 is 0 Å². The lowest BCUT2D eigenvalue weighted by atomic mass is 10.0. The summed E-state index contributed by atoms with van der Waals surface area (Å²) in [6, 6.07) is 12.8. The van der Waals surface area contributed by atoms with Gasteiger partial charge in [-0.15, -0.1) is 0 Å². The van der Waals surface area contributed by atoms with Gasteiger partial charge in [0.2, 0.25) is 5.78 Å². The molecule has 1 N–H and O–H groups in total. The monoisotopic (exact) mass is 283 g/mol. The van der Waals surface area contributed by atoms with E-state index in [4.69, 9.17) is 16.3 Å². The number of carbonyl (C=O) groups is 1. The molecule has 1 aliphatic rings. The summed E-state index contributed by atoms with van der Waals surface area (Å²) in [5.41, 5.74) is 2.94. The molecular weight excluding hydrogens is 274 g/mol. The second-order valence-electron chi connectivity index (χ2n) is 4.78. The third-order valence-electron chi connectivity index (χ3n) is 3.60. The van der Waals surface area contributed by atoms with E-state index in [9.17, 15) is 4.79 Å². The second-order valence-corrected chi connectivity index (χ2v) is 5.22. The largest absolute Gasteiger partial charge is 0.488 e. The Morgan fingerprint density at radius 1 is 1.15 bits per heavy atom. The number of ether oxygens (including phenoxy) is 1. The summed E-state index contributed by atoms with van der Waals surface area (Å²) in [7, 11) is 0. The molecule has 3 nitrogen and oxygen atoms in total. The first kappa shape index (κ1) is 11.6. The Morgan fingerprint density at radius 3 is 2.90 bits per heavy atom. The lowest BCUT2D eigenvalue weighted by Gasteiger charge is -2.05. The maximum Gasteiger partial charge on any atom is 0.213 e. The van der Waals surface area contributed by atoms with E-state index in [-0.39, 0.29) is 5.78 Å². The fraction of sp³-hybridized carbons (Fsp3) is 0.0625. The minimum Gasteiger partial charge on any atom is -0.488 e. The van der Waals surface area contributed by atoms with Crippen LogP contribution < -0.4 is 4.74 Å². The molecule has 1 aromatic heterocycles. The van der Waals surface area contributed by atoms with Gasteiger partial charge in [-0.1, -0.05) is 23.7 Å². The van der Waals surface area contributed by atoms with Gasteiger partial charge < -0.3 is 9.72 Å². The molecule has 0 atom stereocenters. The number of hydrogen-bond donors (Lipinski definition) is 1. The molecule has 98 valence electrons. The van der Waals surface area contributed by atoms with Gasteiger partial charge in [-0.05, 0) is 30.3 Å². The topological polar surface area (TPSA) is 42.1 Å². The van der Waals surface area contributed by atoms with Crippen molar-refractivity contribution in [3.63, 3.8) is 0 Å². The third-order valence-corrected chi connectivity index (χ3v) is 3.83. The Labute approximate surface area is 120 Å². The molecule has 0 fully saturated rings. The summed E-state index contributed by atoms with van der Waals surface area (Å²) in [5, 5.41) is 1.59. The van der Waals surface area contributed by atoms with Gasteiger partial charge in [0.1, 0.15) is 12.4 Å². The molecule has 4 heteroatoms. The Morgan fingerprint density at radius 2 is 2.00 bits per heavy atom. The zero-order valence-corrected chi connectivity index (χ0v) is 11.2. The minimum atomic E-state index is -0.0413. The normalized spacial score (nSPS) is 13.6. The molecule has 0 aliphatic carbocycles. The molecule has 1 aliphatic heterocycles. The maximum atomic E-state index is 12.6. The van der Waals surface area contributed by atoms with Gasteiger partial charge in [0.25, 0.3) is 0 Å². The van der Waals surface area contributed by atoms with Crippen molar-refractivity contribution in [1.82, 2.24) is 4.98 Å². The number of aromatic nitrogens is 1. The Kier molecular flexibility index (Phi) is 2.38. The molecular formula is C16H10ClNO2. The van der Waals surface area contributed by atoms with Gasteiger partial charge in [0.15, 0.2) is 0 Å². The highest BCUT2D eigenvalue weighted by Gasteiger charge is 2.25. The smallest absolute Gasteiger partial charge is 0.213 e. The number of fused-ring (bicyclic) bond motifs is 4. The van der Waals surface area contributed by atoms with Crippen LogP contribution in [0.25, 0.3) is 10.9 Å². The molecule has 2 heterocycles. The van der Waals surface area contributed by atoms with Crippen molar-refractivity contribution in [2.24, 2.45) is 0 Å². The fourth-order valence-corrected chi connectivity index (χ4v) is 2.80. The number of carbonyl (C=O) groups excluding carboxylic acids is 1. The minimum absolute atomic E-state index is 0.0413. The molecule has 0 unspecified atom stereocenters. The Bertz CT molecular complexity index is 851. The predicted octanol–water partition coefficient (Wildman–Crippen LogP) is 3.94. The quantitative estimate of drug-likeness (QED) is 0.679. The van der Waals surface area contributed by atoms with Crippen molar-refractivity contribution < 1.29 is 9.53 Å². The highest BCUT2D eigenvalue weighted by molar-refractivity contribution is 6.31.